The summed E-state index contributed by atoms with van der Waals surface area (Å²) in [4.78, 5) is 12.4. The van der Waals surface area contributed by atoms with Gasteiger partial charge in [-0.1, -0.05) is 7.43 Å². The number of hydrogen-bond acceptors (Lipinski definition) is 11. The maximum Gasteiger partial charge on any atom is 0.229 e. The average molecular weight is 757 g/mol. The van der Waals surface area contributed by atoms with E-state index in [0.29, 0.717) is 41.4 Å². The highest BCUT2D eigenvalue weighted by molar-refractivity contribution is 9.10. The first kappa shape index (κ1) is 41.0. The van der Waals surface area contributed by atoms with E-state index in [0.717, 1.165) is 35.8 Å². The third-order valence-electron chi connectivity index (χ3n) is 4.05. The Labute approximate surface area is 260 Å². The number of likely N-dealkylation sites (N-methyl/N-ethyl adjacent to an activating group) is 2. The van der Waals surface area contributed by atoms with E-state index in [1.54, 1.807) is 18.5 Å². The van der Waals surface area contributed by atoms with Gasteiger partial charge in [0.15, 0.2) is 0 Å². The van der Waals surface area contributed by atoms with Gasteiger partial charge in [0.05, 0.1) is 61.7 Å². The second-order valence-electron chi connectivity index (χ2n) is 8.60. The lowest BCUT2D eigenvalue weighted by atomic mass is 10.3. The number of rotatable bonds is 12. The van der Waals surface area contributed by atoms with Crippen LogP contribution in [0.4, 0.5) is 11.4 Å². The van der Waals surface area contributed by atoms with Gasteiger partial charge in [0, 0.05) is 45.1 Å². The number of anilines is 2. The zero-order chi connectivity index (χ0) is 30.2. The van der Waals surface area contributed by atoms with E-state index in [1.807, 2.05) is 39.2 Å². The molecule has 0 aromatic carbocycles. The van der Waals surface area contributed by atoms with Gasteiger partial charge in [-0.2, -0.15) is 0 Å². The molecule has 0 saturated heterocycles. The van der Waals surface area contributed by atoms with E-state index in [4.69, 9.17) is 15.2 Å². The maximum absolute atomic E-state index is 11.3. The molecule has 12 nitrogen and oxygen atoms in total. The summed E-state index contributed by atoms with van der Waals surface area (Å²) in [5.74, 6) is 0. The molecular weight excluding hydrogens is 716 g/mol. The Hall–Kier alpha value is -1.11. The van der Waals surface area contributed by atoms with Crippen molar-refractivity contribution in [3.05, 3.63) is 44.9 Å². The van der Waals surface area contributed by atoms with Crippen LogP contribution in [0.1, 0.15) is 18.8 Å². The van der Waals surface area contributed by atoms with Crippen LogP contribution >= 0.6 is 42.5 Å². The van der Waals surface area contributed by atoms with Crippen LogP contribution in [0, 0.1) is 0 Å². The van der Waals surface area contributed by atoms with Crippen LogP contribution in [0.2, 0.25) is 0 Å². The molecule has 0 unspecified atom stereocenters. The third kappa shape index (κ3) is 24.7. The van der Waals surface area contributed by atoms with Gasteiger partial charge < -0.3 is 25.0 Å². The highest BCUT2D eigenvalue weighted by Gasteiger charge is 2.10. The number of pyridine rings is 2. The average Bonchev–Trinajstić information content (AvgIpc) is 2.74. The summed E-state index contributed by atoms with van der Waals surface area (Å²) in [6.45, 7) is 3.67. The van der Waals surface area contributed by atoms with Crippen LogP contribution < -0.4 is 10.5 Å². The number of nitrogens with zero attached hydrogens (tertiary/aromatic N) is 4. The zero-order valence-electron chi connectivity index (χ0n) is 22.8. The molecule has 2 rings (SSSR count). The second kappa shape index (κ2) is 20.7. The van der Waals surface area contributed by atoms with Crippen molar-refractivity contribution in [1.82, 2.24) is 19.8 Å². The lowest BCUT2D eigenvalue weighted by Gasteiger charge is -2.12. The summed E-state index contributed by atoms with van der Waals surface area (Å²) in [6, 6.07) is 3.50. The van der Waals surface area contributed by atoms with Crippen LogP contribution in [0.5, 0.6) is 0 Å². The monoisotopic (exact) mass is 754 g/mol. The Kier molecular flexibility index (Phi) is 21.2. The van der Waals surface area contributed by atoms with Gasteiger partial charge in [0.2, 0.25) is 19.1 Å². The van der Waals surface area contributed by atoms with E-state index >= 15 is 0 Å². The summed E-state index contributed by atoms with van der Waals surface area (Å²) in [6.07, 6.45) is 5.36. The van der Waals surface area contributed by atoms with Crippen LogP contribution in [0.3, 0.4) is 0 Å². The molecule has 0 aliphatic carbocycles. The SMILES string of the molecule is C.CN(C)CCOCc1ncc(Br)cc1N.CN(C)CCOCc1ncc(Br)cc1NS(C)(=O)=O.CS(=O)(=O)Cl. The third-order valence-corrected chi connectivity index (χ3v) is 5.50. The second-order valence-corrected chi connectivity index (χ2v) is 15.2. The number of nitrogens with two attached hydrogens (primary N) is 1. The summed E-state index contributed by atoms with van der Waals surface area (Å²) in [5, 5.41) is 0. The number of nitrogens with one attached hydrogen (secondary N) is 1. The summed E-state index contributed by atoms with van der Waals surface area (Å²) in [5.41, 5.74) is 8.23. The minimum absolute atomic E-state index is 0. The lowest BCUT2D eigenvalue weighted by molar-refractivity contribution is 0.103. The first-order valence-electron chi connectivity index (χ1n) is 11.2. The smallest absolute Gasteiger partial charge is 0.229 e. The van der Waals surface area contributed by atoms with Crippen molar-refractivity contribution in [2.24, 2.45) is 0 Å². The van der Waals surface area contributed by atoms with Gasteiger partial charge in [-0.15, -0.1) is 0 Å². The molecule has 17 heteroatoms. The number of hydrogen-bond donors (Lipinski definition) is 2. The molecule has 0 atom stereocenters. The molecule has 0 radical (unpaired) electrons. The van der Waals surface area contributed by atoms with Gasteiger partial charge in [0.25, 0.3) is 0 Å². The van der Waals surface area contributed by atoms with Gasteiger partial charge >= 0.3 is 0 Å². The molecule has 40 heavy (non-hydrogen) atoms. The Morgan fingerprint density at radius 2 is 1.27 bits per heavy atom. The topological polar surface area (TPSA) is 157 Å². The lowest BCUT2D eigenvalue weighted by Crippen LogP contribution is -2.18. The van der Waals surface area contributed by atoms with E-state index < -0.39 is 19.1 Å². The minimum Gasteiger partial charge on any atom is -0.397 e. The van der Waals surface area contributed by atoms with Crippen molar-refractivity contribution in [1.29, 1.82) is 0 Å². The molecule has 0 spiro atoms. The van der Waals surface area contributed by atoms with Crippen molar-refractivity contribution in [3.8, 4) is 0 Å². The fourth-order valence-electron chi connectivity index (χ4n) is 2.31. The molecule has 0 bridgehead atoms. The van der Waals surface area contributed by atoms with Gasteiger partial charge in [0.1, 0.15) is 0 Å². The molecule has 0 fully saturated rings. The van der Waals surface area contributed by atoms with Crippen LogP contribution in [0.15, 0.2) is 33.5 Å². The van der Waals surface area contributed by atoms with Crippen molar-refractivity contribution in [2.75, 3.05) is 77.5 Å². The normalized spacial score (nSPS) is 11.2. The molecule has 2 aromatic heterocycles. The van der Waals surface area contributed by atoms with E-state index in [1.165, 1.54) is 0 Å². The highest BCUT2D eigenvalue weighted by atomic mass is 79.9. The molecule has 0 aliphatic heterocycles. The van der Waals surface area contributed by atoms with Crippen molar-refractivity contribution >= 4 is 73.0 Å². The Balaban J connectivity index is 0. The standard InChI is InChI=1S/C11H18BrN3O3S.C10H16BrN3O.CH3ClO2S.CH4/c1-15(2)4-5-18-8-11-10(14-19(3,16)17)6-9(12)7-13-11;1-14(2)3-4-15-7-10-9(12)5-8(11)6-13-10;1-5(2,3)4;/h6-7,14H,4-5,8H2,1-3H3;5-6H,3-4,7,12H2,1-2H3;1H3;1H4. The summed E-state index contributed by atoms with van der Waals surface area (Å²) in [7, 11) is 5.90. The van der Waals surface area contributed by atoms with Crippen molar-refractivity contribution in [3.63, 3.8) is 0 Å². The predicted octanol–water partition coefficient (Wildman–Crippen LogP) is 3.62. The molecule has 0 aliphatic rings. The zero-order valence-corrected chi connectivity index (χ0v) is 28.4. The Morgan fingerprint density at radius 1 is 0.875 bits per heavy atom. The fraction of sp³-hybridized carbons (Fsp3) is 0.565. The minimum atomic E-state index is -3.34. The van der Waals surface area contributed by atoms with E-state index in [9.17, 15) is 16.8 Å². The largest absolute Gasteiger partial charge is 0.397 e. The van der Waals surface area contributed by atoms with E-state index in [2.05, 4.69) is 62.1 Å². The number of nitrogen functional groups attached to an aromatic ring is 1. The molecule has 0 amide bonds. The summed E-state index contributed by atoms with van der Waals surface area (Å²) >= 11 is 6.57. The van der Waals surface area contributed by atoms with Crippen LogP contribution in [0.25, 0.3) is 0 Å². The summed E-state index contributed by atoms with van der Waals surface area (Å²) < 4.78 is 56.3. The highest BCUT2D eigenvalue weighted by Crippen LogP contribution is 2.20. The van der Waals surface area contributed by atoms with Gasteiger partial charge in [-0.05, 0) is 72.2 Å². The molecular formula is C23H41Br2ClN6O6S2. The van der Waals surface area contributed by atoms with Crippen LogP contribution in [-0.4, -0.2) is 104 Å². The number of ether oxygens (including phenoxy) is 2. The maximum atomic E-state index is 11.3. The fourth-order valence-corrected chi connectivity index (χ4v) is 3.56. The first-order chi connectivity index (χ1) is 17.9. The Bertz CT molecular complexity index is 1210. The first-order valence-corrected chi connectivity index (χ1v) is 17.4. The predicted molar refractivity (Wildman–Crippen MR) is 171 cm³/mol. The molecule has 3 N–H and O–H groups in total. The van der Waals surface area contributed by atoms with Gasteiger partial charge in [-0.3, -0.25) is 14.7 Å². The van der Waals surface area contributed by atoms with Gasteiger partial charge in [-0.25, -0.2) is 16.8 Å². The number of halogens is 3. The van der Waals surface area contributed by atoms with E-state index in [-0.39, 0.29) is 14.0 Å². The molecule has 2 aromatic rings. The molecule has 2 heterocycles. The number of sulfonamides is 1. The quantitative estimate of drug-likeness (QED) is 0.241. The number of aromatic nitrogens is 2. The molecule has 232 valence electrons. The van der Waals surface area contributed by atoms with Crippen molar-refractivity contribution < 1.29 is 26.3 Å². The molecule has 0 saturated carbocycles. The van der Waals surface area contributed by atoms with Crippen molar-refractivity contribution in [2.45, 2.75) is 20.6 Å². The van der Waals surface area contributed by atoms with Crippen LogP contribution in [-0.2, 0) is 41.8 Å². The Morgan fingerprint density at radius 3 is 1.68 bits per heavy atom.